The summed E-state index contributed by atoms with van der Waals surface area (Å²) in [7, 11) is 0. The van der Waals surface area contributed by atoms with Gasteiger partial charge in [-0.05, 0) is 46.6 Å². The Bertz CT molecular complexity index is 758. The van der Waals surface area contributed by atoms with Crippen LogP contribution < -0.4 is 11.0 Å². The third-order valence-corrected chi connectivity index (χ3v) is 3.58. The first-order chi connectivity index (χ1) is 10.5. The third kappa shape index (κ3) is 3.92. The topological polar surface area (TPSA) is 111 Å². The number of nitrogens with zero attached hydrogens (tertiary/aromatic N) is 2. The van der Waals surface area contributed by atoms with E-state index in [1.807, 2.05) is 0 Å². The van der Waals surface area contributed by atoms with E-state index in [2.05, 4.69) is 36.4 Å². The number of H-pyrrole nitrogens is 1. The quantitative estimate of drug-likeness (QED) is 0.473. The van der Waals surface area contributed by atoms with E-state index >= 15 is 0 Å². The smallest absolute Gasteiger partial charge is 0.255 e. The number of aromatic amines is 1. The molecule has 0 radical (unpaired) electrons. The van der Waals surface area contributed by atoms with Crippen molar-refractivity contribution in [2.75, 3.05) is 12.0 Å². The van der Waals surface area contributed by atoms with Crippen LogP contribution in [-0.2, 0) is 6.42 Å². The lowest BCUT2D eigenvalue weighted by molar-refractivity contribution is 0.298. The van der Waals surface area contributed by atoms with E-state index in [0.717, 1.165) is 5.56 Å². The highest BCUT2D eigenvalue weighted by molar-refractivity contribution is 9.10. The van der Waals surface area contributed by atoms with Gasteiger partial charge in [0.15, 0.2) is 0 Å². The van der Waals surface area contributed by atoms with Crippen molar-refractivity contribution in [3.05, 3.63) is 49.8 Å². The summed E-state index contributed by atoms with van der Waals surface area (Å²) in [4.78, 5) is 18.6. The minimum absolute atomic E-state index is 0.105. The number of aryl methyl sites for hydroxylation is 1. The molecule has 8 heteroatoms. The highest BCUT2D eigenvalue weighted by Gasteiger charge is 2.06. The average Bonchev–Trinajstić information content (AvgIpc) is 2.47. The second kappa shape index (κ2) is 7.19. The summed E-state index contributed by atoms with van der Waals surface area (Å²) in [5.41, 5.74) is 4.10. The fraction of sp³-hybridized carbons (Fsp3) is 0.214. The van der Waals surface area contributed by atoms with Crippen molar-refractivity contribution >= 4 is 28.1 Å². The molecule has 2 rings (SSSR count). The maximum Gasteiger partial charge on any atom is 0.255 e. The first kappa shape index (κ1) is 16.2. The first-order valence-corrected chi connectivity index (χ1v) is 7.29. The Hall–Kier alpha value is -2.19. The summed E-state index contributed by atoms with van der Waals surface area (Å²) in [6.07, 6.45) is 1.79. The number of halogens is 1. The van der Waals surface area contributed by atoms with Crippen LogP contribution in [0.15, 0.2) is 32.6 Å². The number of phenols is 1. The van der Waals surface area contributed by atoms with E-state index in [1.165, 1.54) is 6.21 Å². The number of rotatable bonds is 5. The van der Waals surface area contributed by atoms with Gasteiger partial charge in [0.2, 0.25) is 5.95 Å². The van der Waals surface area contributed by atoms with E-state index in [4.69, 9.17) is 5.11 Å². The zero-order chi connectivity index (χ0) is 16.1. The second-order valence-corrected chi connectivity index (χ2v) is 5.39. The molecular formula is C14H15BrN4O3. The third-order valence-electron chi connectivity index (χ3n) is 2.94. The largest absolute Gasteiger partial charge is 0.507 e. The number of benzene rings is 1. The van der Waals surface area contributed by atoms with Gasteiger partial charge in [0.1, 0.15) is 5.75 Å². The average molecular weight is 367 g/mol. The first-order valence-electron chi connectivity index (χ1n) is 6.49. The molecule has 1 heterocycles. The Morgan fingerprint density at radius 1 is 1.50 bits per heavy atom. The van der Waals surface area contributed by atoms with Gasteiger partial charge in [-0.2, -0.15) is 5.10 Å². The maximum atomic E-state index is 11.8. The molecule has 116 valence electrons. The van der Waals surface area contributed by atoms with Crippen LogP contribution in [0.4, 0.5) is 5.95 Å². The molecule has 0 fully saturated rings. The Kier molecular flexibility index (Phi) is 5.29. The summed E-state index contributed by atoms with van der Waals surface area (Å²) < 4.78 is 0.562. The molecule has 2 aromatic rings. The zero-order valence-corrected chi connectivity index (χ0v) is 13.4. The van der Waals surface area contributed by atoms with Gasteiger partial charge < -0.3 is 10.2 Å². The van der Waals surface area contributed by atoms with Crippen LogP contribution in [0.3, 0.4) is 0 Å². The minimum Gasteiger partial charge on any atom is -0.507 e. The summed E-state index contributed by atoms with van der Waals surface area (Å²) in [6.45, 7) is 1.60. The number of phenolic OH excluding ortho intramolecular Hbond substituents is 1. The van der Waals surface area contributed by atoms with Gasteiger partial charge in [-0.1, -0.05) is 0 Å². The molecule has 1 aromatic heterocycles. The van der Waals surface area contributed by atoms with Crippen LogP contribution >= 0.6 is 15.9 Å². The van der Waals surface area contributed by atoms with Gasteiger partial charge in [-0.25, -0.2) is 10.4 Å². The molecule has 0 spiro atoms. The highest BCUT2D eigenvalue weighted by atomic mass is 79.9. The number of hydrazone groups is 1. The zero-order valence-electron chi connectivity index (χ0n) is 11.8. The fourth-order valence-electron chi connectivity index (χ4n) is 1.84. The maximum absolute atomic E-state index is 11.8. The van der Waals surface area contributed by atoms with Crippen molar-refractivity contribution in [1.82, 2.24) is 9.97 Å². The lowest BCUT2D eigenvalue weighted by atomic mass is 10.2. The van der Waals surface area contributed by atoms with Crippen LogP contribution in [0.25, 0.3) is 0 Å². The number of anilines is 1. The van der Waals surface area contributed by atoms with E-state index in [0.29, 0.717) is 15.7 Å². The molecule has 0 saturated heterocycles. The molecule has 0 unspecified atom stereocenters. The van der Waals surface area contributed by atoms with Gasteiger partial charge in [-0.15, -0.1) is 0 Å². The summed E-state index contributed by atoms with van der Waals surface area (Å²) >= 11 is 3.21. The molecule has 1 aromatic carbocycles. The molecule has 4 N–H and O–H groups in total. The Morgan fingerprint density at radius 2 is 2.27 bits per heavy atom. The van der Waals surface area contributed by atoms with Crippen molar-refractivity contribution < 1.29 is 10.2 Å². The number of hydrogen-bond donors (Lipinski definition) is 4. The van der Waals surface area contributed by atoms with E-state index in [9.17, 15) is 9.90 Å². The van der Waals surface area contributed by atoms with Gasteiger partial charge in [0.25, 0.3) is 5.56 Å². The lowest BCUT2D eigenvalue weighted by Crippen LogP contribution is -2.19. The number of aromatic hydroxyl groups is 1. The van der Waals surface area contributed by atoms with E-state index in [1.54, 1.807) is 25.1 Å². The van der Waals surface area contributed by atoms with Gasteiger partial charge in [-0.3, -0.25) is 9.78 Å². The molecule has 0 bridgehead atoms. The van der Waals surface area contributed by atoms with E-state index < -0.39 is 0 Å². The van der Waals surface area contributed by atoms with Gasteiger partial charge >= 0.3 is 0 Å². The molecule has 0 aliphatic rings. The summed E-state index contributed by atoms with van der Waals surface area (Å²) in [5.74, 6) is 0.365. The minimum atomic E-state index is -0.299. The fourth-order valence-corrected chi connectivity index (χ4v) is 2.24. The predicted octanol–water partition coefficient (Wildman–Crippen LogP) is 1.53. The van der Waals surface area contributed by atoms with Gasteiger partial charge in [0.05, 0.1) is 16.4 Å². The number of nitrogens with one attached hydrogen (secondary N) is 2. The van der Waals surface area contributed by atoms with Crippen molar-refractivity contribution in [1.29, 1.82) is 0 Å². The molecule has 0 saturated carbocycles. The number of hydrogen-bond acceptors (Lipinski definition) is 6. The Morgan fingerprint density at radius 3 is 2.91 bits per heavy atom. The lowest BCUT2D eigenvalue weighted by Gasteiger charge is -2.05. The molecule has 7 nitrogen and oxygen atoms in total. The predicted molar refractivity (Wildman–Crippen MR) is 87.4 cm³/mol. The van der Waals surface area contributed by atoms with Gasteiger partial charge in [0, 0.05) is 18.6 Å². The summed E-state index contributed by atoms with van der Waals surface area (Å²) in [5, 5.41) is 22.3. The Balaban J connectivity index is 2.12. The van der Waals surface area contributed by atoms with E-state index in [-0.39, 0.29) is 30.3 Å². The van der Waals surface area contributed by atoms with Crippen LogP contribution in [0, 0.1) is 6.92 Å². The molecule has 0 aliphatic carbocycles. The Labute approximate surface area is 134 Å². The monoisotopic (exact) mass is 366 g/mol. The van der Waals surface area contributed by atoms with Crippen LogP contribution in [0.1, 0.15) is 16.8 Å². The SMILES string of the molecule is Cc1nc(N/N=C\c2ccc(O)c(Br)c2)[nH]c(=O)c1CCO. The number of aliphatic hydroxyl groups excluding tert-OH is 1. The van der Waals surface area contributed by atoms with Crippen molar-refractivity contribution in [2.24, 2.45) is 5.10 Å². The summed E-state index contributed by atoms with van der Waals surface area (Å²) in [6, 6.07) is 4.93. The molecular weight excluding hydrogens is 352 g/mol. The molecule has 0 atom stereocenters. The van der Waals surface area contributed by atoms with Crippen molar-refractivity contribution in [2.45, 2.75) is 13.3 Å². The standard InChI is InChI=1S/C14H15BrN4O3/c1-8-10(4-5-20)13(22)18-14(17-8)19-16-7-9-2-3-12(21)11(15)6-9/h2-3,6-7,20-21H,4-5H2,1H3,(H2,17,18,19,22)/b16-7-. The normalized spacial score (nSPS) is 11.0. The molecule has 0 aliphatic heterocycles. The number of aromatic nitrogens is 2. The number of aliphatic hydroxyl groups is 1. The molecule has 22 heavy (non-hydrogen) atoms. The van der Waals surface area contributed by atoms with Crippen LogP contribution in [0.2, 0.25) is 0 Å². The van der Waals surface area contributed by atoms with Crippen molar-refractivity contribution in [3.63, 3.8) is 0 Å². The highest BCUT2D eigenvalue weighted by Crippen LogP contribution is 2.23. The molecule has 0 amide bonds. The van der Waals surface area contributed by atoms with Crippen LogP contribution in [-0.4, -0.2) is 33.0 Å². The van der Waals surface area contributed by atoms with Crippen molar-refractivity contribution in [3.8, 4) is 5.75 Å². The second-order valence-electron chi connectivity index (χ2n) is 4.53. The van der Waals surface area contributed by atoms with Crippen LogP contribution in [0.5, 0.6) is 5.75 Å².